The lowest BCUT2D eigenvalue weighted by atomic mass is 10.0. The van der Waals surface area contributed by atoms with Gasteiger partial charge >= 0.3 is 0 Å². The van der Waals surface area contributed by atoms with Crippen LogP contribution in [0.1, 0.15) is 5.56 Å². The smallest absolute Gasteiger partial charge is 0.0400 e. The highest BCUT2D eigenvalue weighted by molar-refractivity contribution is 14.1. The molecule has 0 spiro atoms. The fourth-order valence-corrected chi connectivity index (χ4v) is 2.79. The predicted octanol–water partition coefficient (Wildman–Crippen LogP) is 5.57. The van der Waals surface area contributed by atoms with Crippen molar-refractivity contribution in [3.63, 3.8) is 0 Å². The number of rotatable bonds is 4. The van der Waals surface area contributed by atoms with Crippen LogP contribution >= 0.6 is 22.6 Å². The molecule has 0 aliphatic rings. The number of nitrogens with one attached hydrogen (secondary N) is 1. The van der Waals surface area contributed by atoms with Gasteiger partial charge < -0.3 is 5.32 Å². The van der Waals surface area contributed by atoms with Gasteiger partial charge in [-0.15, -0.1) is 0 Å². The Morgan fingerprint density at radius 2 is 1.43 bits per heavy atom. The van der Waals surface area contributed by atoms with Crippen molar-refractivity contribution in [2.45, 2.75) is 6.54 Å². The third-order valence-electron chi connectivity index (χ3n) is 3.38. The van der Waals surface area contributed by atoms with Gasteiger partial charge in [-0.3, -0.25) is 0 Å². The summed E-state index contributed by atoms with van der Waals surface area (Å²) in [4.78, 5) is 0. The number of halogens is 1. The van der Waals surface area contributed by atoms with Gasteiger partial charge in [0.05, 0.1) is 0 Å². The van der Waals surface area contributed by atoms with E-state index in [1.807, 2.05) is 6.07 Å². The Morgan fingerprint density at radius 3 is 2.14 bits per heavy atom. The molecule has 21 heavy (non-hydrogen) atoms. The van der Waals surface area contributed by atoms with Crippen molar-refractivity contribution in [3.8, 4) is 11.1 Å². The van der Waals surface area contributed by atoms with Crippen molar-refractivity contribution >= 4 is 28.3 Å². The molecule has 104 valence electrons. The Balaban J connectivity index is 1.68. The standard InChI is InChI=1S/C19H16IN/c20-18-7-4-8-19(13-18)21-14-15-9-11-17(12-10-15)16-5-2-1-3-6-16/h1-13,21H,14H2. The first kappa shape index (κ1) is 14.1. The molecule has 0 radical (unpaired) electrons. The molecule has 0 atom stereocenters. The first-order chi connectivity index (χ1) is 10.3. The van der Waals surface area contributed by atoms with Crippen LogP contribution in [-0.4, -0.2) is 0 Å². The number of benzene rings is 3. The zero-order valence-electron chi connectivity index (χ0n) is 11.6. The van der Waals surface area contributed by atoms with E-state index in [0.29, 0.717) is 0 Å². The molecule has 0 unspecified atom stereocenters. The molecule has 2 heteroatoms. The summed E-state index contributed by atoms with van der Waals surface area (Å²) in [5, 5.41) is 3.46. The molecule has 0 bridgehead atoms. The van der Waals surface area contributed by atoms with E-state index in [2.05, 4.69) is 101 Å². The van der Waals surface area contributed by atoms with Crippen molar-refractivity contribution in [1.82, 2.24) is 0 Å². The summed E-state index contributed by atoms with van der Waals surface area (Å²) in [6.45, 7) is 0.842. The van der Waals surface area contributed by atoms with Gasteiger partial charge in [0, 0.05) is 15.8 Å². The molecule has 0 fully saturated rings. The minimum atomic E-state index is 0.842. The molecule has 0 heterocycles. The average Bonchev–Trinajstić information content (AvgIpc) is 2.54. The molecule has 0 aliphatic carbocycles. The van der Waals surface area contributed by atoms with Gasteiger partial charge in [0.2, 0.25) is 0 Å². The normalized spacial score (nSPS) is 10.3. The molecule has 3 rings (SSSR count). The van der Waals surface area contributed by atoms with Gasteiger partial charge in [-0.1, -0.05) is 60.7 Å². The van der Waals surface area contributed by atoms with Crippen LogP contribution in [0.3, 0.4) is 0 Å². The van der Waals surface area contributed by atoms with E-state index in [4.69, 9.17) is 0 Å². The van der Waals surface area contributed by atoms with Crippen LogP contribution in [0.2, 0.25) is 0 Å². The predicted molar refractivity (Wildman–Crippen MR) is 98.4 cm³/mol. The Bertz CT molecular complexity index is 705. The molecule has 1 nitrogen and oxygen atoms in total. The van der Waals surface area contributed by atoms with E-state index >= 15 is 0 Å². The second kappa shape index (κ2) is 6.76. The molecule has 3 aromatic carbocycles. The fraction of sp³-hybridized carbons (Fsp3) is 0.0526. The van der Waals surface area contributed by atoms with Crippen molar-refractivity contribution in [2.24, 2.45) is 0 Å². The quantitative estimate of drug-likeness (QED) is 0.579. The molecular weight excluding hydrogens is 369 g/mol. The largest absolute Gasteiger partial charge is 0.381 e. The van der Waals surface area contributed by atoms with Crippen LogP contribution in [-0.2, 0) is 6.54 Å². The van der Waals surface area contributed by atoms with Crippen LogP contribution < -0.4 is 5.32 Å². The Labute approximate surface area is 139 Å². The van der Waals surface area contributed by atoms with Gasteiger partial charge in [-0.2, -0.15) is 0 Å². The Hall–Kier alpha value is -1.81. The molecular formula is C19H16IN. The highest BCUT2D eigenvalue weighted by atomic mass is 127. The second-order valence-electron chi connectivity index (χ2n) is 4.93. The summed E-state index contributed by atoms with van der Waals surface area (Å²) >= 11 is 2.33. The summed E-state index contributed by atoms with van der Waals surface area (Å²) in [6, 6.07) is 27.6. The van der Waals surface area contributed by atoms with Crippen molar-refractivity contribution in [3.05, 3.63) is 88.0 Å². The zero-order valence-corrected chi connectivity index (χ0v) is 13.7. The average molecular weight is 385 g/mol. The summed E-state index contributed by atoms with van der Waals surface area (Å²) in [7, 11) is 0. The maximum atomic E-state index is 3.46. The summed E-state index contributed by atoms with van der Waals surface area (Å²) in [5.41, 5.74) is 4.96. The van der Waals surface area contributed by atoms with E-state index in [1.165, 1.54) is 20.3 Å². The zero-order chi connectivity index (χ0) is 14.5. The summed E-state index contributed by atoms with van der Waals surface area (Å²) in [6.07, 6.45) is 0. The van der Waals surface area contributed by atoms with Crippen LogP contribution in [0.15, 0.2) is 78.9 Å². The van der Waals surface area contributed by atoms with E-state index in [9.17, 15) is 0 Å². The molecule has 0 saturated heterocycles. The molecule has 3 aromatic rings. The van der Waals surface area contributed by atoms with E-state index < -0.39 is 0 Å². The second-order valence-corrected chi connectivity index (χ2v) is 6.17. The van der Waals surface area contributed by atoms with Crippen molar-refractivity contribution in [1.29, 1.82) is 0 Å². The first-order valence-electron chi connectivity index (χ1n) is 6.95. The molecule has 0 saturated carbocycles. The Morgan fingerprint density at radius 1 is 0.714 bits per heavy atom. The summed E-state index contributed by atoms with van der Waals surface area (Å²) in [5.74, 6) is 0. The fourth-order valence-electron chi connectivity index (χ4n) is 2.25. The minimum absolute atomic E-state index is 0.842. The minimum Gasteiger partial charge on any atom is -0.381 e. The van der Waals surface area contributed by atoms with Gasteiger partial charge in [0.15, 0.2) is 0 Å². The highest BCUT2D eigenvalue weighted by Gasteiger charge is 1.98. The number of hydrogen-bond donors (Lipinski definition) is 1. The third-order valence-corrected chi connectivity index (χ3v) is 4.05. The van der Waals surface area contributed by atoms with Crippen LogP contribution in [0.4, 0.5) is 5.69 Å². The topological polar surface area (TPSA) is 12.0 Å². The van der Waals surface area contributed by atoms with E-state index in [0.717, 1.165) is 12.2 Å². The third kappa shape index (κ3) is 3.85. The molecule has 0 aromatic heterocycles. The van der Waals surface area contributed by atoms with E-state index in [1.54, 1.807) is 0 Å². The maximum Gasteiger partial charge on any atom is 0.0400 e. The number of anilines is 1. The van der Waals surface area contributed by atoms with E-state index in [-0.39, 0.29) is 0 Å². The highest BCUT2D eigenvalue weighted by Crippen LogP contribution is 2.20. The lowest BCUT2D eigenvalue weighted by Crippen LogP contribution is -1.99. The summed E-state index contributed by atoms with van der Waals surface area (Å²) < 4.78 is 1.25. The lowest BCUT2D eigenvalue weighted by molar-refractivity contribution is 1.15. The molecule has 0 aliphatic heterocycles. The Kier molecular flexibility index (Phi) is 4.55. The van der Waals surface area contributed by atoms with Gasteiger partial charge in [-0.05, 0) is 57.5 Å². The monoisotopic (exact) mass is 385 g/mol. The van der Waals surface area contributed by atoms with Crippen molar-refractivity contribution in [2.75, 3.05) is 5.32 Å². The van der Waals surface area contributed by atoms with Gasteiger partial charge in [-0.25, -0.2) is 0 Å². The van der Waals surface area contributed by atoms with Crippen molar-refractivity contribution < 1.29 is 0 Å². The van der Waals surface area contributed by atoms with Crippen LogP contribution in [0.25, 0.3) is 11.1 Å². The SMILES string of the molecule is Ic1cccc(NCc2ccc(-c3ccccc3)cc2)c1. The van der Waals surface area contributed by atoms with Crippen LogP contribution in [0, 0.1) is 3.57 Å². The maximum absolute atomic E-state index is 3.46. The van der Waals surface area contributed by atoms with Gasteiger partial charge in [0.1, 0.15) is 0 Å². The lowest BCUT2D eigenvalue weighted by Gasteiger charge is -2.08. The van der Waals surface area contributed by atoms with Gasteiger partial charge in [0.25, 0.3) is 0 Å². The van der Waals surface area contributed by atoms with Crippen LogP contribution in [0.5, 0.6) is 0 Å². The molecule has 1 N–H and O–H groups in total. The first-order valence-corrected chi connectivity index (χ1v) is 8.03. The number of hydrogen-bond acceptors (Lipinski definition) is 1. The molecule has 0 amide bonds.